The van der Waals surface area contributed by atoms with E-state index in [1.807, 2.05) is 53.4 Å². The fraction of sp³-hybridized carbons (Fsp3) is 0.415. The summed E-state index contributed by atoms with van der Waals surface area (Å²) in [6, 6.07) is 26.2. The standard InChI is InChI=1S/C53H59FN2O9/c1-3-27-62-53-49(56(52(60)37-17-18-37)32-35-15-19-40(54)20-16-35)31-46(55-63-34-36-11-5-4-6-12-36)44-29-38(13-7-9-25-57)43(14-8-10-26-58)50(51(44)53)45-30-42(22-24-48(45)65-53)64-41-21-23-47(61-2)39(28-41)33-59/h3-6,11-12,15-16,19-24,28-30,33,37-38,43,49-51,57-58H,1,7-10,13-14,17-18,25-27,31-32,34H2,2H3. The van der Waals surface area contributed by atoms with Crippen molar-refractivity contribution in [1.29, 1.82) is 0 Å². The van der Waals surface area contributed by atoms with Gasteiger partial charge in [0.2, 0.25) is 11.7 Å². The van der Waals surface area contributed by atoms with E-state index in [9.17, 15) is 24.2 Å². The van der Waals surface area contributed by atoms with Crippen molar-refractivity contribution in [1.82, 2.24) is 4.90 Å². The number of fused-ring (bicyclic) bond motifs is 2. The lowest BCUT2D eigenvalue weighted by atomic mass is 9.55. The molecule has 6 atom stereocenters. The van der Waals surface area contributed by atoms with E-state index >= 15 is 0 Å². The third-order valence-corrected chi connectivity index (χ3v) is 13.3. The van der Waals surface area contributed by atoms with Crippen molar-refractivity contribution in [2.24, 2.45) is 28.8 Å². The number of aldehydes is 1. The van der Waals surface area contributed by atoms with E-state index in [2.05, 4.69) is 12.7 Å². The number of ether oxygens (including phenoxy) is 4. The van der Waals surface area contributed by atoms with Crippen molar-refractivity contribution in [2.75, 3.05) is 26.9 Å². The van der Waals surface area contributed by atoms with Gasteiger partial charge in [-0.15, -0.1) is 6.58 Å². The normalized spacial score (nSPS) is 23.6. The molecule has 12 heteroatoms. The molecule has 1 heterocycles. The molecule has 8 rings (SSSR count). The molecule has 4 aromatic rings. The van der Waals surface area contributed by atoms with Gasteiger partial charge in [0.25, 0.3) is 0 Å². The Morgan fingerprint density at radius 1 is 0.938 bits per heavy atom. The number of aliphatic hydroxyl groups excluding tert-OH is 2. The van der Waals surface area contributed by atoms with Crippen LogP contribution < -0.4 is 14.2 Å². The molecule has 3 aliphatic carbocycles. The number of unbranched alkanes of at least 4 members (excludes halogenated alkanes) is 2. The summed E-state index contributed by atoms with van der Waals surface area (Å²) in [7, 11) is 1.51. The van der Waals surface area contributed by atoms with E-state index in [0.717, 1.165) is 67.1 Å². The third-order valence-electron chi connectivity index (χ3n) is 13.3. The number of nitrogens with zero attached hydrogens (tertiary/aromatic N) is 2. The van der Waals surface area contributed by atoms with E-state index in [1.165, 1.54) is 19.2 Å². The summed E-state index contributed by atoms with van der Waals surface area (Å²) < 4.78 is 40.8. The number of allylic oxidation sites excluding steroid dienone is 1. The fourth-order valence-electron chi connectivity index (χ4n) is 10.2. The van der Waals surface area contributed by atoms with Gasteiger partial charge >= 0.3 is 0 Å². The molecule has 2 fully saturated rings. The SMILES string of the molecule is C=CCOC12Oc3ccc(Oc4ccc(OC)c(C=O)c4)cc3C3C(CCCCO)C(CCCCO)C=C(C(=NOCc4ccccc4)CC1N(Cc1ccc(F)cc1)C(=O)C1CC1)C32. The summed E-state index contributed by atoms with van der Waals surface area (Å²) >= 11 is 0. The average molecular weight is 887 g/mol. The van der Waals surface area contributed by atoms with Gasteiger partial charge in [-0.2, -0.15) is 0 Å². The second-order valence-electron chi connectivity index (χ2n) is 17.5. The topological polar surface area (TPSA) is 136 Å². The molecule has 4 aromatic carbocycles. The smallest absolute Gasteiger partial charge is 0.239 e. The summed E-state index contributed by atoms with van der Waals surface area (Å²) in [4.78, 5) is 35.0. The molecule has 11 nitrogen and oxygen atoms in total. The van der Waals surface area contributed by atoms with Crippen molar-refractivity contribution in [3.63, 3.8) is 0 Å². The predicted molar refractivity (Wildman–Crippen MR) is 244 cm³/mol. The van der Waals surface area contributed by atoms with E-state index in [-0.39, 0.29) is 74.8 Å². The Balaban J connectivity index is 1.33. The molecule has 0 spiro atoms. The maximum Gasteiger partial charge on any atom is 0.239 e. The van der Waals surface area contributed by atoms with Gasteiger partial charge in [-0.3, -0.25) is 9.59 Å². The highest BCUT2D eigenvalue weighted by Crippen LogP contribution is 2.62. The molecule has 1 aliphatic heterocycles. The van der Waals surface area contributed by atoms with Crippen molar-refractivity contribution in [3.8, 4) is 23.0 Å². The van der Waals surface area contributed by atoms with Crippen LogP contribution >= 0.6 is 0 Å². The molecular formula is C53H59FN2O9. The van der Waals surface area contributed by atoms with Crippen LogP contribution in [-0.2, 0) is 27.5 Å². The molecule has 6 unspecified atom stereocenters. The van der Waals surface area contributed by atoms with E-state index in [4.69, 9.17) is 28.9 Å². The van der Waals surface area contributed by atoms with Crippen LogP contribution in [0.4, 0.5) is 4.39 Å². The molecule has 342 valence electrons. The molecule has 4 aliphatic rings. The fourth-order valence-corrected chi connectivity index (χ4v) is 10.2. The number of methoxy groups -OCH3 is 1. The van der Waals surface area contributed by atoms with Gasteiger partial charge < -0.3 is 38.9 Å². The molecule has 0 radical (unpaired) electrons. The Labute approximate surface area is 380 Å². The van der Waals surface area contributed by atoms with Crippen LogP contribution in [0.3, 0.4) is 0 Å². The lowest BCUT2D eigenvalue weighted by molar-refractivity contribution is -0.258. The minimum atomic E-state index is -1.46. The van der Waals surface area contributed by atoms with Crippen molar-refractivity contribution in [2.45, 2.75) is 88.7 Å². The van der Waals surface area contributed by atoms with Crippen LogP contribution in [0.15, 0.2) is 120 Å². The second kappa shape index (κ2) is 21.0. The number of hydrogen-bond acceptors (Lipinski definition) is 10. The van der Waals surface area contributed by atoms with Crippen LogP contribution in [0.1, 0.15) is 90.8 Å². The Morgan fingerprint density at radius 2 is 1.68 bits per heavy atom. The molecule has 2 N–H and O–H groups in total. The Hall–Kier alpha value is -5.82. The van der Waals surface area contributed by atoms with Gasteiger partial charge in [-0.05, 0) is 116 Å². The number of halogens is 1. The zero-order chi connectivity index (χ0) is 45.3. The monoisotopic (exact) mass is 886 g/mol. The quantitative estimate of drug-likeness (QED) is 0.0342. The number of amides is 1. The summed E-state index contributed by atoms with van der Waals surface area (Å²) in [5.41, 5.74) is 4.57. The summed E-state index contributed by atoms with van der Waals surface area (Å²) in [5.74, 6) is -0.794. The first kappa shape index (κ1) is 45.7. The maximum absolute atomic E-state index is 14.9. The lowest BCUT2D eigenvalue weighted by Gasteiger charge is -2.60. The van der Waals surface area contributed by atoms with Gasteiger partial charge in [0.05, 0.1) is 30.9 Å². The number of oxime groups is 1. The first-order chi connectivity index (χ1) is 31.8. The second-order valence-corrected chi connectivity index (χ2v) is 17.5. The first-order valence-electron chi connectivity index (χ1n) is 22.9. The number of carbonyl (C=O) groups excluding carboxylic acids is 2. The number of rotatable bonds is 22. The van der Waals surface area contributed by atoms with Crippen LogP contribution in [0, 0.1) is 29.5 Å². The zero-order valence-electron chi connectivity index (χ0n) is 37.0. The molecule has 1 amide bonds. The number of hydrogen-bond donors (Lipinski definition) is 2. The zero-order valence-corrected chi connectivity index (χ0v) is 37.0. The highest BCUT2D eigenvalue weighted by atomic mass is 19.1. The Morgan fingerprint density at radius 3 is 2.38 bits per heavy atom. The van der Waals surface area contributed by atoms with E-state index < -0.39 is 17.7 Å². The molecule has 0 bridgehead atoms. The molecule has 0 aromatic heterocycles. The Kier molecular flexibility index (Phi) is 14.8. The summed E-state index contributed by atoms with van der Waals surface area (Å²) in [5, 5.41) is 24.9. The summed E-state index contributed by atoms with van der Waals surface area (Å²) in [6.07, 6.45) is 10.9. The highest BCUT2D eigenvalue weighted by Gasteiger charge is 2.66. The van der Waals surface area contributed by atoms with E-state index in [1.54, 1.807) is 36.4 Å². The average Bonchev–Trinajstić information content (AvgIpc) is 4.18. The maximum atomic E-state index is 14.9. The number of carbonyl (C=O) groups is 2. The number of aliphatic hydroxyl groups is 2. The summed E-state index contributed by atoms with van der Waals surface area (Å²) in [6.45, 7) is 4.73. The number of benzene rings is 4. The first-order valence-corrected chi connectivity index (χ1v) is 22.9. The highest BCUT2D eigenvalue weighted by molar-refractivity contribution is 6.03. The minimum Gasteiger partial charge on any atom is -0.496 e. The molecule has 2 saturated carbocycles. The van der Waals surface area contributed by atoms with E-state index in [0.29, 0.717) is 47.1 Å². The molecule has 0 saturated heterocycles. The lowest BCUT2D eigenvalue weighted by Crippen LogP contribution is -2.70. The van der Waals surface area contributed by atoms with Crippen LogP contribution in [-0.4, -0.2) is 71.8 Å². The predicted octanol–water partition coefficient (Wildman–Crippen LogP) is 9.71. The van der Waals surface area contributed by atoms with Gasteiger partial charge in [0.1, 0.15) is 41.5 Å². The molecule has 65 heavy (non-hydrogen) atoms. The minimum absolute atomic E-state index is 0.00355. The van der Waals surface area contributed by atoms with Crippen molar-refractivity contribution in [3.05, 3.63) is 143 Å². The Bertz CT molecular complexity index is 2350. The van der Waals surface area contributed by atoms with Gasteiger partial charge in [-0.1, -0.05) is 72.6 Å². The van der Waals surface area contributed by atoms with Gasteiger partial charge in [-0.25, -0.2) is 4.39 Å². The van der Waals surface area contributed by atoms with Gasteiger partial charge in [0.15, 0.2) is 6.29 Å². The van der Waals surface area contributed by atoms with Crippen molar-refractivity contribution < 1.29 is 48.0 Å². The van der Waals surface area contributed by atoms with Crippen LogP contribution in [0.25, 0.3) is 0 Å². The van der Waals surface area contributed by atoms with Crippen LogP contribution in [0.2, 0.25) is 0 Å². The van der Waals surface area contributed by atoms with Gasteiger partial charge in [0, 0.05) is 43.6 Å². The van der Waals surface area contributed by atoms with Crippen LogP contribution in [0.5, 0.6) is 23.0 Å². The molecular weight excluding hydrogens is 828 g/mol. The third kappa shape index (κ3) is 10.0. The van der Waals surface area contributed by atoms with Crippen molar-refractivity contribution >= 4 is 17.9 Å². The largest absolute Gasteiger partial charge is 0.496 e.